The molecule has 0 unspecified atom stereocenters. The fraction of sp³-hybridized carbons (Fsp3) is 0.429. The highest BCUT2D eigenvalue weighted by Gasteiger charge is 2.53. The second-order valence-corrected chi connectivity index (χ2v) is 7.02. The summed E-state index contributed by atoms with van der Waals surface area (Å²) in [5.74, 6) is 0. The van der Waals surface area contributed by atoms with Gasteiger partial charge in [0, 0.05) is 12.6 Å². The Hall–Kier alpha value is -1.68. The molecule has 2 aromatic rings. The van der Waals surface area contributed by atoms with Crippen molar-refractivity contribution in [1.29, 1.82) is 0 Å². The largest absolute Gasteiger partial charge is 0.391 e. The molecular formula is C21H25NO2. The van der Waals surface area contributed by atoms with Crippen LogP contribution in [0.15, 0.2) is 60.7 Å². The van der Waals surface area contributed by atoms with Crippen LogP contribution in [0.5, 0.6) is 0 Å². The molecule has 1 aliphatic heterocycles. The van der Waals surface area contributed by atoms with E-state index in [2.05, 4.69) is 60.4 Å². The number of benzene rings is 2. The number of aliphatic hydroxyl groups is 1. The first-order valence-electron chi connectivity index (χ1n) is 8.92. The highest BCUT2D eigenvalue weighted by Crippen LogP contribution is 2.42. The average molecular weight is 323 g/mol. The van der Waals surface area contributed by atoms with E-state index < -0.39 is 0 Å². The van der Waals surface area contributed by atoms with Crippen molar-refractivity contribution in [2.75, 3.05) is 0 Å². The zero-order valence-electron chi connectivity index (χ0n) is 14.1. The lowest BCUT2D eigenvalue weighted by Gasteiger charge is -2.40. The van der Waals surface area contributed by atoms with Gasteiger partial charge < -0.3 is 9.84 Å². The van der Waals surface area contributed by atoms with Gasteiger partial charge in [-0.25, -0.2) is 0 Å². The van der Waals surface area contributed by atoms with Gasteiger partial charge in [0.15, 0.2) is 0 Å². The van der Waals surface area contributed by atoms with Crippen LogP contribution in [0.3, 0.4) is 0 Å². The number of aliphatic hydroxyl groups excluding tert-OH is 1. The number of ether oxygens (including phenoxy) is 1. The van der Waals surface area contributed by atoms with Crippen molar-refractivity contribution in [3.63, 3.8) is 0 Å². The smallest absolute Gasteiger partial charge is 0.102 e. The maximum atomic E-state index is 10.7. The van der Waals surface area contributed by atoms with Crippen LogP contribution in [0.25, 0.3) is 0 Å². The first kappa shape index (κ1) is 15.8. The van der Waals surface area contributed by atoms with Crippen molar-refractivity contribution < 1.29 is 9.84 Å². The number of epoxide rings is 1. The first-order valence-corrected chi connectivity index (χ1v) is 8.92. The Bertz CT molecular complexity index is 658. The Kier molecular flexibility index (Phi) is 4.40. The van der Waals surface area contributed by atoms with Crippen molar-refractivity contribution in [3.05, 3.63) is 71.8 Å². The Labute approximate surface area is 143 Å². The molecule has 1 saturated carbocycles. The van der Waals surface area contributed by atoms with E-state index in [9.17, 15) is 5.11 Å². The molecule has 0 amide bonds. The van der Waals surface area contributed by atoms with Crippen LogP contribution in [0, 0.1) is 0 Å². The molecule has 5 atom stereocenters. The quantitative estimate of drug-likeness (QED) is 0.855. The summed E-state index contributed by atoms with van der Waals surface area (Å²) in [5.41, 5.74) is 2.55. The molecule has 1 saturated heterocycles. The van der Waals surface area contributed by atoms with Crippen molar-refractivity contribution in [2.24, 2.45) is 0 Å². The lowest BCUT2D eigenvalue weighted by molar-refractivity contribution is -0.000869. The van der Waals surface area contributed by atoms with Gasteiger partial charge in [-0.05, 0) is 30.9 Å². The maximum absolute atomic E-state index is 10.7. The number of fused-ring (bicyclic) bond motifs is 1. The maximum Gasteiger partial charge on any atom is 0.102 e. The third kappa shape index (κ3) is 3.12. The van der Waals surface area contributed by atoms with Gasteiger partial charge in [0.05, 0.1) is 18.2 Å². The summed E-state index contributed by atoms with van der Waals surface area (Å²) in [4.78, 5) is 2.43. The molecule has 4 rings (SSSR count). The summed E-state index contributed by atoms with van der Waals surface area (Å²) in [6, 6.07) is 21.4. The second kappa shape index (κ2) is 6.67. The van der Waals surface area contributed by atoms with Crippen molar-refractivity contribution in [1.82, 2.24) is 4.90 Å². The fourth-order valence-electron chi connectivity index (χ4n) is 4.04. The number of nitrogens with zero attached hydrogens (tertiary/aromatic N) is 1. The average Bonchev–Trinajstić information content (AvgIpc) is 3.41. The fourth-order valence-corrected chi connectivity index (χ4v) is 4.04. The molecule has 2 fully saturated rings. The van der Waals surface area contributed by atoms with Gasteiger partial charge in [0.25, 0.3) is 0 Å². The van der Waals surface area contributed by atoms with Crippen LogP contribution < -0.4 is 0 Å². The standard InChI is InChI=1S/C21H25NO2/c1-15(17-10-6-3-7-11-17)22(14-16-8-4-2-5-9-16)20-18(23)12-13-19-21(20)24-19/h2-11,15,18-21,23H,12-14H2,1H3/t15-,18+,19-,20+,21-/m1/s1. The van der Waals surface area contributed by atoms with Gasteiger partial charge in [-0.1, -0.05) is 60.7 Å². The molecule has 2 aliphatic rings. The second-order valence-electron chi connectivity index (χ2n) is 7.02. The van der Waals surface area contributed by atoms with Crippen LogP contribution in [0.2, 0.25) is 0 Å². The molecule has 3 heteroatoms. The van der Waals surface area contributed by atoms with Gasteiger partial charge in [0.1, 0.15) is 6.10 Å². The molecule has 1 heterocycles. The van der Waals surface area contributed by atoms with E-state index in [4.69, 9.17) is 4.74 Å². The molecule has 0 bridgehead atoms. The van der Waals surface area contributed by atoms with Crippen LogP contribution in [0.1, 0.15) is 36.9 Å². The Morgan fingerprint density at radius 3 is 2.42 bits per heavy atom. The third-order valence-electron chi connectivity index (χ3n) is 5.47. The highest BCUT2D eigenvalue weighted by molar-refractivity contribution is 5.21. The minimum absolute atomic E-state index is 0.0687. The van der Waals surface area contributed by atoms with E-state index >= 15 is 0 Å². The van der Waals surface area contributed by atoms with Crippen molar-refractivity contribution in [3.8, 4) is 0 Å². The zero-order chi connectivity index (χ0) is 16.5. The van der Waals surface area contributed by atoms with E-state index in [0.717, 1.165) is 19.4 Å². The minimum atomic E-state index is -0.316. The molecule has 2 aromatic carbocycles. The third-order valence-corrected chi connectivity index (χ3v) is 5.47. The van der Waals surface area contributed by atoms with Crippen LogP contribution in [-0.2, 0) is 11.3 Å². The molecule has 1 aliphatic carbocycles. The Morgan fingerprint density at radius 1 is 1.04 bits per heavy atom. The van der Waals surface area contributed by atoms with Crippen LogP contribution in [-0.4, -0.2) is 34.4 Å². The highest BCUT2D eigenvalue weighted by atomic mass is 16.6. The van der Waals surface area contributed by atoms with Gasteiger partial charge in [0.2, 0.25) is 0 Å². The summed E-state index contributed by atoms with van der Waals surface area (Å²) >= 11 is 0. The number of hydrogen-bond donors (Lipinski definition) is 1. The van der Waals surface area contributed by atoms with Crippen LogP contribution >= 0.6 is 0 Å². The van der Waals surface area contributed by atoms with Gasteiger partial charge in [-0.2, -0.15) is 0 Å². The van der Waals surface area contributed by atoms with E-state index in [-0.39, 0.29) is 24.3 Å². The monoisotopic (exact) mass is 323 g/mol. The zero-order valence-corrected chi connectivity index (χ0v) is 14.1. The predicted molar refractivity (Wildman–Crippen MR) is 94.5 cm³/mol. The number of rotatable bonds is 5. The normalized spacial score (nSPS) is 30.0. The summed E-state index contributed by atoms with van der Waals surface area (Å²) in [7, 11) is 0. The first-order chi connectivity index (χ1) is 11.7. The molecule has 0 radical (unpaired) electrons. The van der Waals surface area contributed by atoms with Crippen molar-refractivity contribution >= 4 is 0 Å². The van der Waals surface area contributed by atoms with Gasteiger partial charge in [-0.15, -0.1) is 0 Å². The number of hydrogen-bond acceptors (Lipinski definition) is 3. The Morgan fingerprint density at radius 2 is 1.71 bits per heavy atom. The Balaban J connectivity index is 1.64. The van der Waals surface area contributed by atoms with E-state index in [0.29, 0.717) is 6.10 Å². The van der Waals surface area contributed by atoms with E-state index in [1.54, 1.807) is 0 Å². The summed E-state index contributed by atoms with van der Waals surface area (Å²) in [6.07, 6.45) is 2.03. The van der Waals surface area contributed by atoms with E-state index in [1.165, 1.54) is 11.1 Å². The van der Waals surface area contributed by atoms with E-state index in [1.807, 2.05) is 12.1 Å². The van der Waals surface area contributed by atoms with Gasteiger partial charge >= 0.3 is 0 Å². The molecule has 0 aromatic heterocycles. The molecular weight excluding hydrogens is 298 g/mol. The van der Waals surface area contributed by atoms with Gasteiger partial charge in [-0.3, -0.25) is 4.90 Å². The lowest BCUT2D eigenvalue weighted by atomic mass is 9.89. The van der Waals surface area contributed by atoms with Crippen LogP contribution in [0.4, 0.5) is 0 Å². The minimum Gasteiger partial charge on any atom is -0.391 e. The molecule has 3 nitrogen and oxygen atoms in total. The molecule has 1 N–H and O–H groups in total. The SMILES string of the molecule is C[C@H](c1ccccc1)N(Cc1ccccc1)[C@@H]1[C@@H]2O[C@@H]2CC[C@@H]1O. The summed E-state index contributed by atoms with van der Waals surface area (Å²) in [6.45, 7) is 3.06. The molecule has 24 heavy (non-hydrogen) atoms. The predicted octanol–water partition coefficient (Wildman–Crippen LogP) is 3.54. The lowest BCUT2D eigenvalue weighted by Crippen LogP contribution is -2.50. The molecule has 126 valence electrons. The summed E-state index contributed by atoms with van der Waals surface area (Å²) < 4.78 is 5.86. The topological polar surface area (TPSA) is 36.0 Å². The van der Waals surface area contributed by atoms with Crippen molar-refractivity contribution in [2.45, 2.75) is 56.7 Å². The summed E-state index contributed by atoms with van der Waals surface area (Å²) in [5, 5.41) is 10.7. The molecule has 0 spiro atoms.